The van der Waals surface area contributed by atoms with E-state index in [4.69, 9.17) is 13.9 Å². The van der Waals surface area contributed by atoms with Crippen LogP contribution in [-0.2, 0) is 6.54 Å². The minimum absolute atomic E-state index is 0.0183. The molecular weight excluding hydrogens is 306 g/mol. The number of carbonyl (C=O) groups is 1. The molecule has 0 bridgehead atoms. The molecule has 1 heterocycles. The summed E-state index contributed by atoms with van der Waals surface area (Å²) in [5.41, 5.74) is 1.61. The van der Waals surface area contributed by atoms with E-state index in [9.17, 15) is 4.79 Å². The normalized spacial score (nSPS) is 13.7. The lowest BCUT2D eigenvalue weighted by molar-refractivity contribution is 0.0727. The van der Waals surface area contributed by atoms with Gasteiger partial charge in [-0.05, 0) is 44.9 Å². The van der Waals surface area contributed by atoms with Crippen LogP contribution in [0.25, 0.3) is 0 Å². The fraction of sp³-hybridized carbons (Fsp3) is 0.421. The molecule has 1 aromatic heterocycles. The molecule has 3 rings (SSSR count). The monoisotopic (exact) mass is 329 g/mol. The summed E-state index contributed by atoms with van der Waals surface area (Å²) in [4.78, 5) is 14.9. The summed E-state index contributed by atoms with van der Waals surface area (Å²) in [6, 6.07) is 7.80. The SMILES string of the molecule is COc1ccc(CN(C(=O)c2cc(C)oc2C)C2CC2)c(OC)c1. The Morgan fingerprint density at radius 3 is 2.50 bits per heavy atom. The molecular formula is C19H23NO4. The molecule has 24 heavy (non-hydrogen) atoms. The maximum atomic E-state index is 13.0. The van der Waals surface area contributed by atoms with Crippen LogP contribution >= 0.6 is 0 Å². The number of carbonyl (C=O) groups excluding carboxylic acids is 1. The van der Waals surface area contributed by atoms with E-state index >= 15 is 0 Å². The summed E-state index contributed by atoms with van der Waals surface area (Å²) in [5.74, 6) is 2.91. The van der Waals surface area contributed by atoms with Crippen LogP contribution in [0, 0.1) is 13.8 Å². The summed E-state index contributed by atoms with van der Waals surface area (Å²) < 4.78 is 16.2. The van der Waals surface area contributed by atoms with Gasteiger partial charge >= 0.3 is 0 Å². The Hall–Kier alpha value is -2.43. The maximum Gasteiger partial charge on any atom is 0.257 e. The first kappa shape index (κ1) is 16.4. The molecule has 0 spiro atoms. The number of aryl methyl sites for hydroxylation is 2. The van der Waals surface area contributed by atoms with Crippen molar-refractivity contribution >= 4 is 5.91 Å². The van der Waals surface area contributed by atoms with Gasteiger partial charge in [-0.2, -0.15) is 0 Å². The van der Waals surface area contributed by atoms with Crippen molar-refractivity contribution in [1.82, 2.24) is 4.90 Å². The third-order valence-electron chi connectivity index (χ3n) is 4.35. The first-order valence-corrected chi connectivity index (χ1v) is 8.12. The molecule has 0 saturated heterocycles. The van der Waals surface area contributed by atoms with Crippen LogP contribution in [0.1, 0.15) is 40.3 Å². The lowest BCUT2D eigenvalue weighted by atomic mass is 10.1. The van der Waals surface area contributed by atoms with Gasteiger partial charge in [-0.15, -0.1) is 0 Å². The van der Waals surface area contributed by atoms with Gasteiger partial charge in [0, 0.05) is 24.2 Å². The van der Waals surface area contributed by atoms with E-state index in [1.807, 2.05) is 43.0 Å². The summed E-state index contributed by atoms with van der Waals surface area (Å²) in [6.45, 7) is 4.21. The van der Waals surface area contributed by atoms with Crippen molar-refractivity contribution in [2.45, 2.75) is 39.3 Å². The molecule has 1 aliphatic carbocycles. The van der Waals surface area contributed by atoms with Crippen LogP contribution in [0.4, 0.5) is 0 Å². The maximum absolute atomic E-state index is 13.0. The van der Waals surface area contributed by atoms with Crippen LogP contribution in [0.3, 0.4) is 0 Å². The quantitative estimate of drug-likeness (QED) is 0.810. The number of benzene rings is 1. The molecule has 5 nitrogen and oxygen atoms in total. The first-order chi connectivity index (χ1) is 11.5. The molecule has 0 atom stereocenters. The van der Waals surface area contributed by atoms with E-state index in [-0.39, 0.29) is 5.91 Å². The Morgan fingerprint density at radius 2 is 1.96 bits per heavy atom. The van der Waals surface area contributed by atoms with Gasteiger partial charge in [0.2, 0.25) is 0 Å². The lowest BCUT2D eigenvalue weighted by Gasteiger charge is -2.23. The number of hydrogen-bond donors (Lipinski definition) is 0. The number of nitrogens with zero attached hydrogens (tertiary/aromatic N) is 1. The van der Waals surface area contributed by atoms with E-state index in [0.717, 1.165) is 35.7 Å². The second kappa shape index (κ2) is 6.59. The molecule has 1 amide bonds. The van der Waals surface area contributed by atoms with Crippen molar-refractivity contribution in [1.29, 1.82) is 0 Å². The zero-order valence-corrected chi connectivity index (χ0v) is 14.6. The average molecular weight is 329 g/mol. The Labute approximate surface area is 142 Å². The highest BCUT2D eigenvalue weighted by Gasteiger charge is 2.34. The van der Waals surface area contributed by atoms with Gasteiger partial charge in [-0.25, -0.2) is 0 Å². The number of furan rings is 1. The minimum atomic E-state index is 0.0183. The molecule has 1 fully saturated rings. The zero-order valence-electron chi connectivity index (χ0n) is 14.6. The molecule has 1 aromatic carbocycles. The molecule has 2 aromatic rings. The fourth-order valence-corrected chi connectivity index (χ4v) is 2.92. The number of ether oxygens (including phenoxy) is 2. The van der Waals surface area contributed by atoms with E-state index in [1.165, 1.54) is 0 Å². The van der Waals surface area contributed by atoms with E-state index < -0.39 is 0 Å². The highest BCUT2D eigenvalue weighted by atomic mass is 16.5. The van der Waals surface area contributed by atoms with Gasteiger partial charge in [0.1, 0.15) is 23.0 Å². The van der Waals surface area contributed by atoms with Crippen LogP contribution in [0.15, 0.2) is 28.7 Å². The molecule has 0 N–H and O–H groups in total. The second-order valence-corrected chi connectivity index (χ2v) is 6.17. The summed E-state index contributed by atoms with van der Waals surface area (Å²) in [7, 11) is 3.25. The standard InChI is InChI=1S/C19H23NO4/c1-12-9-17(13(2)24-12)19(21)20(15-6-7-15)11-14-5-8-16(22-3)10-18(14)23-4/h5,8-10,15H,6-7,11H2,1-4H3. The van der Waals surface area contributed by atoms with Gasteiger partial charge in [0.05, 0.1) is 19.8 Å². The largest absolute Gasteiger partial charge is 0.497 e. The number of rotatable bonds is 6. The summed E-state index contributed by atoms with van der Waals surface area (Å²) in [6.07, 6.45) is 2.08. The third kappa shape index (κ3) is 3.25. The number of amides is 1. The molecule has 1 aliphatic rings. The predicted octanol–water partition coefficient (Wildman–Crippen LogP) is 3.72. The van der Waals surface area contributed by atoms with Gasteiger partial charge < -0.3 is 18.8 Å². The van der Waals surface area contributed by atoms with Crippen molar-refractivity contribution < 1.29 is 18.7 Å². The van der Waals surface area contributed by atoms with Crippen LogP contribution < -0.4 is 9.47 Å². The summed E-state index contributed by atoms with van der Waals surface area (Å²) in [5, 5.41) is 0. The lowest BCUT2D eigenvalue weighted by Crippen LogP contribution is -2.32. The molecule has 5 heteroatoms. The predicted molar refractivity (Wildman–Crippen MR) is 90.6 cm³/mol. The van der Waals surface area contributed by atoms with Gasteiger partial charge in [0.25, 0.3) is 5.91 Å². The minimum Gasteiger partial charge on any atom is -0.497 e. The van der Waals surface area contributed by atoms with Crippen LogP contribution in [0.2, 0.25) is 0 Å². The van der Waals surface area contributed by atoms with Gasteiger partial charge in [-0.3, -0.25) is 4.79 Å². The van der Waals surface area contributed by atoms with E-state index in [0.29, 0.717) is 23.9 Å². The van der Waals surface area contributed by atoms with Gasteiger partial charge in [0.15, 0.2) is 0 Å². The first-order valence-electron chi connectivity index (χ1n) is 8.12. The fourth-order valence-electron chi connectivity index (χ4n) is 2.92. The molecule has 128 valence electrons. The van der Waals surface area contributed by atoms with Crippen molar-refractivity contribution in [3.63, 3.8) is 0 Å². The Morgan fingerprint density at radius 1 is 1.21 bits per heavy atom. The van der Waals surface area contributed by atoms with Crippen molar-refractivity contribution in [2.24, 2.45) is 0 Å². The molecule has 0 unspecified atom stereocenters. The molecule has 0 aliphatic heterocycles. The highest BCUT2D eigenvalue weighted by molar-refractivity contribution is 5.95. The zero-order chi connectivity index (χ0) is 17.3. The second-order valence-electron chi connectivity index (χ2n) is 6.17. The van der Waals surface area contributed by atoms with Crippen LogP contribution in [-0.4, -0.2) is 31.1 Å². The van der Waals surface area contributed by atoms with Crippen molar-refractivity contribution in [3.8, 4) is 11.5 Å². The van der Waals surface area contributed by atoms with Gasteiger partial charge in [-0.1, -0.05) is 0 Å². The number of hydrogen-bond acceptors (Lipinski definition) is 4. The Balaban J connectivity index is 1.87. The Kier molecular flexibility index (Phi) is 4.51. The van der Waals surface area contributed by atoms with E-state index in [2.05, 4.69) is 0 Å². The smallest absolute Gasteiger partial charge is 0.257 e. The number of methoxy groups -OCH3 is 2. The average Bonchev–Trinajstić information content (AvgIpc) is 3.36. The Bertz CT molecular complexity index is 746. The molecule has 0 radical (unpaired) electrons. The topological polar surface area (TPSA) is 51.9 Å². The third-order valence-corrected chi connectivity index (χ3v) is 4.35. The van der Waals surface area contributed by atoms with Crippen molar-refractivity contribution in [2.75, 3.05) is 14.2 Å². The molecule has 1 saturated carbocycles. The van der Waals surface area contributed by atoms with Crippen LogP contribution in [0.5, 0.6) is 11.5 Å². The highest BCUT2D eigenvalue weighted by Crippen LogP contribution is 2.33. The summed E-state index contributed by atoms with van der Waals surface area (Å²) >= 11 is 0. The van der Waals surface area contributed by atoms with E-state index in [1.54, 1.807) is 14.2 Å². The van der Waals surface area contributed by atoms with Crippen molar-refractivity contribution in [3.05, 3.63) is 46.9 Å².